The first-order valence-corrected chi connectivity index (χ1v) is 4.68. The fourth-order valence-electron chi connectivity index (χ4n) is 0.998. The predicted octanol–water partition coefficient (Wildman–Crippen LogP) is 2.25. The lowest BCUT2D eigenvalue weighted by Gasteiger charge is -2.13. The molecular weight excluding hydrogens is 250 g/mol. The van der Waals surface area contributed by atoms with Crippen molar-refractivity contribution in [3.63, 3.8) is 0 Å². The molecule has 76 valence electrons. The van der Waals surface area contributed by atoms with Crippen molar-refractivity contribution < 1.29 is 4.92 Å². The first-order chi connectivity index (χ1) is 6.50. The second-order valence-electron chi connectivity index (χ2n) is 2.92. The van der Waals surface area contributed by atoms with Gasteiger partial charge in [-0.3, -0.25) is 10.1 Å². The summed E-state index contributed by atoms with van der Waals surface area (Å²) in [5, 5.41) is 12.3. The zero-order valence-electron chi connectivity index (χ0n) is 7.82. The normalized spacial score (nSPS) is 10.3. The van der Waals surface area contributed by atoms with Crippen molar-refractivity contribution in [2.24, 2.45) is 0 Å². The summed E-state index contributed by atoms with van der Waals surface area (Å²) >= 11 is 3.25. The van der Waals surface area contributed by atoms with Gasteiger partial charge in [-0.25, -0.2) is 5.01 Å². The number of rotatable bonds is 3. The van der Waals surface area contributed by atoms with Crippen LogP contribution in [0, 0.1) is 10.1 Å². The molecule has 0 aliphatic rings. The molecule has 1 aromatic carbocycles. The van der Waals surface area contributed by atoms with E-state index in [-0.39, 0.29) is 5.69 Å². The van der Waals surface area contributed by atoms with Crippen LogP contribution >= 0.6 is 15.9 Å². The molecule has 6 heteroatoms. The highest BCUT2D eigenvalue weighted by atomic mass is 79.9. The number of hydrazine groups is 1. The van der Waals surface area contributed by atoms with E-state index in [9.17, 15) is 10.1 Å². The summed E-state index contributed by atoms with van der Waals surface area (Å²) in [7, 11) is 3.54. The van der Waals surface area contributed by atoms with E-state index in [0.717, 1.165) is 4.47 Å². The van der Waals surface area contributed by atoms with Gasteiger partial charge in [0, 0.05) is 24.6 Å². The molecule has 0 amide bonds. The molecule has 1 N–H and O–H groups in total. The van der Waals surface area contributed by atoms with Gasteiger partial charge in [-0.15, -0.1) is 0 Å². The molecule has 0 atom stereocenters. The lowest BCUT2D eigenvalue weighted by Crippen LogP contribution is -2.20. The Morgan fingerprint density at radius 2 is 2.14 bits per heavy atom. The third kappa shape index (κ3) is 2.68. The molecule has 1 rings (SSSR count). The van der Waals surface area contributed by atoms with Gasteiger partial charge in [0.15, 0.2) is 0 Å². The summed E-state index contributed by atoms with van der Waals surface area (Å²) < 4.78 is 0.799. The SMILES string of the molecule is CN(C)Nc1cc(Br)ccc1[N+](=O)[O-]. The van der Waals surface area contributed by atoms with Gasteiger partial charge < -0.3 is 5.43 Å². The van der Waals surface area contributed by atoms with E-state index in [1.165, 1.54) is 6.07 Å². The quantitative estimate of drug-likeness (QED) is 0.668. The Morgan fingerprint density at radius 3 is 2.64 bits per heavy atom. The Bertz CT molecular complexity index is 354. The van der Waals surface area contributed by atoms with E-state index in [2.05, 4.69) is 21.4 Å². The van der Waals surface area contributed by atoms with Crippen molar-refractivity contribution in [3.05, 3.63) is 32.8 Å². The maximum absolute atomic E-state index is 10.6. The Labute approximate surface area is 90.0 Å². The summed E-state index contributed by atoms with van der Waals surface area (Å²) in [4.78, 5) is 10.2. The number of hydrogen-bond acceptors (Lipinski definition) is 4. The average Bonchev–Trinajstić information content (AvgIpc) is 2.01. The van der Waals surface area contributed by atoms with Crippen LogP contribution in [-0.4, -0.2) is 24.0 Å². The van der Waals surface area contributed by atoms with Crippen molar-refractivity contribution in [2.45, 2.75) is 0 Å². The lowest BCUT2D eigenvalue weighted by molar-refractivity contribution is -0.384. The third-order valence-corrected chi connectivity index (χ3v) is 1.99. The van der Waals surface area contributed by atoms with Crippen molar-refractivity contribution in [3.8, 4) is 0 Å². The summed E-state index contributed by atoms with van der Waals surface area (Å²) in [6, 6.07) is 4.76. The molecule has 0 aliphatic heterocycles. The maximum Gasteiger partial charge on any atom is 0.293 e. The van der Waals surface area contributed by atoms with Crippen molar-refractivity contribution in [1.29, 1.82) is 0 Å². The summed E-state index contributed by atoms with van der Waals surface area (Å²) in [6.45, 7) is 0. The molecular formula is C8H10BrN3O2. The maximum atomic E-state index is 10.6. The van der Waals surface area contributed by atoms with Crippen LogP contribution in [0.4, 0.5) is 11.4 Å². The molecule has 14 heavy (non-hydrogen) atoms. The number of hydrogen-bond donors (Lipinski definition) is 1. The van der Waals surface area contributed by atoms with Gasteiger partial charge in [-0.2, -0.15) is 0 Å². The van der Waals surface area contributed by atoms with Gasteiger partial charge in [0.05, 0.1) is 4.92 Å². The molecule has 5 nitrogen and oxygen atoms in total. The van der Waals surface area contributed by atoms with E-state index in [4.69, 9.17) is 0 Å². The second-order valence-corrected chi connectivity index (χ2v) is 3.84. The van der Waals surface area contributed by atoms with Crippen molar-refractivity contribution >= 4 is 27.3 Å². The zero-order chi connectivity index (χ0) is 10.7. The molecule has 0 unspecified atom stereocenters. The van der Waals surface area contributed by atoms with Gasteiger partial charge in [-0.05, 0) is 12.1 Å². The van der Waals surface area contributed by atoms with Crippen LogP contribution in [0.2, 0.25) is 0 Å². The first-order valence-electron chi connectivity index (χ1n) is 3.88. The number of nitrogens with zero attached hydrogens (tertiary/aromatic N) is 2. The topological polar surface area (TPSA) is 58.4 Å². The molecule has 0 saturated carbocycles. The number of anilines is 1. The van der Waals surface area contributed by atoms with Crippen LogP contribution < -0.4 is 5.43 Å². The Hall–Kier alpha value is -1.14. The molecule has 1 aromatic rings. The minimum Gasteiger partial charge on any atom is -0.313 e. The Balaban J connectivity index is 3.09. The predicted molar refractivity (Wildman–Crippen MR) is 58.1 cm³/mol. The van der Waals surface area contributed by atoms with Crippen LogP contribution in [0.25, 0.3) is 0 Å². The molecule has 0 fully saturated rings. The zero-order valence-corrected chi connectivity index (χ0v) is 9.41. The van der Waals surface area contributed by atoms with Crippen LogP contribution in [0.5, 0.6) is 0 Å². The first kappa shape index (κ1) is 10.9. The van der Waals surface area contributed by atoms with Gasteiger partial charge in [0.2, 0.25) is 0 Å². The highest BCUT2D eigenvalue weighted by molar-refractivity contribution is 9.10. The molecule has 0 spiro atoms. The smallest absolute Gasteiger partial charge is 0.293 e. The molecule has 0 saturated heterocycles. The van der Waals surface area contributed by atoms with Gasteiger partial charge in [0.25, 0.3) is 5.69 Å². The molecule has 0 bridgehead atoms. The largest absolute Gasteiger partial charge is 0.313 e. The summed E-state index contributed by atoms with van der Waals surface area (Å²) in [6.07, 6.45) is 0. The van der Waals surface area contributed by atoms with Gasteiger partial charge in [-0.1, -0.05) is 15.9 Å². The third-order valence-electron chi connectivity index (χ3n) is 1.50. The van der Waals surface area contributed by atoms with E-state index < -0.39 is 4.92 Å². The van der Waals surface area contributed by atoms with Crippen LogP contribution in [-0.2, 0) is 0 Å². The summed E-state index contributed by atoms with van der Waals surface area (Å²) in [5.41, 5.74) is 3.38. The highest BCUT2D eigenvalue weighted by Crippen LogP contribution is 2.27. The van der Waals surface area contributed by atoms with E-state index in [1.807, 2.05) is 0 Å². The molecule has 0 heterocycles. The van der Waals surface area contributed by atoms with Crippen molar-refractivity contribution in [2.75, 3.05) is 19.5 Å². The van der Waals surface area contributed by atoms with E-state index in [0.29, 0.717) is 5.69 Å². The number of nitro groups is 1. The van der Waals surface area contributed by atoms with E-state index >= 15 is 0 Å². The van der Waals surface area contributed by atoms with Gasteiger partial charge >= 0.3 is 0 Å². The standard InChI is InChI=1S/C8H10BrN3O2/c1-11(2)10-7-5-6(9)3-4-8(7)12(13)14/h3-5,10H,1-2H3. The Morgan fingerprint density at radius 1 is 1.50 bits per heavy atom. The van der Waals surface area contributed by atoms with Crippen LogP contribution in [0.15, 0.2) is 22.7 Å². The minimum atomic E-state index is -0.418. The minimum absolute atomic E-state index is 0.0573. The molecule has 0 aromatic heterocycles. The van der Waals surface area contributed by atoms with Crippen LogP contribution in [0.1, 0.15) is 0 Å². The molecule has 0 radical (unpaired) electrons. The average molecular weight is 260 g/mol. The van der Waals surface area contributed by atoms with Crippen molar-refractivity contribution in [1.82, 2.24) is 5.01 Å². The highest BCUT2D eigenvalue weighted by Gasteiger charge is 2.13. The Kier molecular flexibility index (Phi) is 3.43. The molecule has 0 aliphatic carbocycles. The number of nitrogens with one attached hydrogen (secondary N) is 1. The number of benzene rings is 1. The monoisotopic (exact) mass is 259 g/mol. The lowest BCUT2D eigenvalue weighted by atomic mass is 10.3. The number of halogens is 1. The van der Waals surface area contributed by atoms with Gasteiger partial charge in [0.1, 0.15) is 5.69 Å². The fraction of sp³-hybridized carbons (Fsp3) is 0.250. The summed E-state index contributed by atoms with van der Waals surface area (Å²) in [5.74, 6) is 0. The number of nitro benzene ring substituents is 1. The van der Waals surface area contributed by atoms with Crippen LogP contribution in [0.3, 0.4) is 0 Å². The fourth-order valence-corrected chi connectivity index (χ4v) is 1.36. The van der Waals surface area contributed by atoms with E-state index in [1.54, 1.807) is 31.2 Å². The second kappa shape index (κ2) is 4.39.